The third kappa shape index (κ3) is 4.18. The Bertz CT molecular complexity index is 626. The fraction of sp³-hybridized carbons (Fsp3) is 0.429. The zero-order valence-corrected chi connectivity index (χ0v) is 15.4. The van der Waals surface area contributed by atoms with Crippen LogP contribution in [0.25, 0.3) is 0 Å². The molecule has 3 heteroatoms. The Hall–Kier alpha value is -1.35. The van der Waals surface area contributed by atoms with Crippen molar-refractivity contribution in [3.05, 3.63) is 70.2 Å². The fourth-order valence-corrected chi connectivity index (χ4v) is 3.57. The van der Waals surface area contributed by atoms with Crippen molar-refractivity contribution in [3.8, 4) is 0 Å². The molecule has 24 heavy (non-hydrogen) atoms. The van der Waals surface area contributed by atoms with Gasteiger partial charge in [0.1, 0.15) is 0 Å². The van der Waals surface area contributed by atoms with Crippen LogP contribution in [-0.4, -0.2) is 31.1 Å². The van der Waals surface area contributed by atoms with Gasteiger partial charge in [-0.2, -0.15) is 0 Å². The van der Waals surface area contributed by atoms with E-state index in [4.69, 9.17) is 11.6 Å². The predicted octanol–water partition coefficient (Wildman–Crippen LogP) is 4.85. The Labute approximate surface area is 150 Å². The number of nitrogens with zero attached hydrogens (tertiary/aromatic N) is 1. The Kier molecular flexibility index (Phi) is 5.94. The van der Waals surface area contributed by atoms with Gasteiger partial charge in [-0.15, -0.1) is 0 Å². The molecule has 3 rings (SSSR count). The largest absolute Gasteiger partial charge is 0.315 e. The van der Waals surface area contributed by atoms with Crippen LogP contribution in [0.2, 0.25) is 5.02 Å². The summed E-state index contributed by atoms with van der Waals surface area (Å²) in [6, 6.07) is 17.8. The molecule has 128 valence electrons. The van der Waals surface area contributed by atoms with Crippen LogP contribution in [0.3, 0.4) is 0 Å². The maximum absolute atomic E-state index is 6.11. The number of benzene rings is 2. The normalized spacial score (nSPS) is 17.7. The summed E-state index contributed by atoms with van der Waals surface area (Å²) in [5.41, 5.74) is 4.08. The Morgan fingerprint density at radius 1 is 0.833 bits per heavy atom. The first-order valence-corrected chi connectivity index (χ1v) is 9.33. The van der Waals surface area contributed by atoms with Gasteiger partial charge in [0.15, 0.2) is 0 Å². The van der Waals surface area contributed by atoms with Crippen LogP contribution in [0.5, 0.6) is 0 Å². The van der Waals surface area contributed by atoms with Crippen molar-refractivity contribution >= 4 is 11.6 Å². The van der Waals surface area contributed by atoms with E-state index >= 15 is 0 Å². The Morgan fingerprint density at radius 2 is 1.42 bits per heavy atom. The van der Waals surface area contributed by atoms with Gasteiger partial charge in [-0.05, 0) is 47.7 Å². The minimum absolute atomic E-state index is 0.295. The summed E-state index contributed by atoms with van der Waals surface area (Å²) in [6.45, 7) is 8.83. The maximum Gasteiger partial charge on any atom is 0.0602 e. The van der Waals surface area contributed by atoms with E-state index in [0.717, 1.165) is 31.2 Å². The molecule has 2 aromatic carbocycles. The molecular formula is C21H27ClN2. The van der Waals surface area contributed by atoms with E-state index in [0.29, 0.717) is 12.0 Å². The van der Waals surface area contributed by atoms with Crippen molar-refractivity contribution < 1.29 is 0 Å². The molecule has 0 saturated carbocycles. The number of halogens is 1. The molecule has 1 aliphatic rings. The molecule has 1 aliphatic heterocycles. The second-order valence-electron chi connectivity index (χ2n) is 6.91. The second-order valence-corrected chi connectivity index (χ2v) is 7.35. The van der Waals surface area contributed by atoms with Crippen molar-refractivity contribution in [1.29, 1.82) is 0 Å². The summed E-state index contributed by atoms with van der Waals surface area (Å²) in [6.07, 6.45) is 1.19. The van der Waals surface area contributed by atoms with Crippen molar-refractivity contribution in [3.63, 3.8) is 0 Å². The first kappa shape index (κ1) is 17.5. The molecule has 0 aromatic heterocycles. The third-order valence-electron chi connectivity index (χ3n) is 4.84. The summed E-state index contributed by atoms with van der Waals surface area (Å²) in [4.78, 5) is 2.59. The van der Waals surface area contributed by atoms with Crippen LogP contribution in [0.1, 0.15) is 48.9 Å². The average Bonchev–Trinajstić information content (AvgIpc) is 2.87. The van der Waals surface area contributed by atoms with Gasteiger partial charge in [0.2, 0.25) is 0 Å². The molecule has 0 bridgehead atoms. The number of hydrogen-bond acceptors (Lipinski definition) is 2. The Morgan fingerprint density at radius 3 is 2.04 bits per heavy atom. The van der Waals surface area contributed by atoms with Crippen molar-refractivity contribution in [2.45, 2.75) is 32.2 Å². The van der Waals surface area contributed by atoms with Crippen LogP contribution in [0.15, 0.2) is 48.5 Å². The van der Waals surface area contributed by atoms with Gasteiger partial charge < -0.3 is 5.32 Å². The van der Waals surface area contributed by atoms with Gasteiger partial charge in [-0.25, -0.2) is 0 Å². The van der Waals surface area contributed by atoms with Crippen LogP contribution in [0, 0.1) is 0 Å². The lowest BCUT2D eigenvalue weighted by Crippen LogP contribution is -2.33. The molecule has 1 N–H and O–H groups in total. The maximum atomic E-state index is 6.11. The van der Waals surface area contributed by atoms with Gasteiger partial charge in [-0.1, -0.05) is 61.8 Å². The van der Waals surface area contributed by atoms with Crippen LogP contribution in [-0.2, 0) is 0 Å². The monoisotopic (exact) mass is 342 g/mol. The molecule has 1 unspecified atom stereocenters. The van der Waals surface area contributed by atoms with Crippen molar-refractivity contribution in [2.24, 2.45) is 0 Å². The topological polar surface area (TPSA) is 15.3 Å². The van der Waals surface area contributed by atoms with E-state index < -0.39 is 0 Å². The molecule has 1 heterocycles. The zero-order valence-electron chi connectivity index (χ0n) is 14.6. The highest BCUT2D eigenvalue weighted by Crippen LogP contribution is 2.31. The van der Waals surface area contributed by atoms with Crippen LogP contribution < -0.4 is 5.32 Å². The minimum atomic E-state index is 0.295. The number of rotatable bonds is 4. The van der Waals surface area contributed by atoms with Crippen molar-refractivity contribution in [1.82, 2.24) is 10.2 Å². The second kappa shape index (κ2) is 8.15. The first-order valence-electron chi connectivity index (χ1n) is 8.95. The highest BCUT2D eigenvalue weighted by molar-refractivity contribution is 6.30. The molecule has 0 aliphatic carbocycles. The SMILES string of the molecule is CC(C)c1ccc(C(c2ccc(Cl)cc2)N2CCCNCC2)cc1. The smallest absolute Gasteiger partial charge is 0.0602 e. The third-order valence-corrected chi connectivity index (χ3v) is 5.10. The van der Waals surface area contributed by atoms with E-state index in [9.17, 15) is 0 Å². The molecule has 1 saturated heterocycles. The van der Waals surface area contributed by atoms with Gasteiger partial charge >= 0.3 is 0 Å². The van der Waals surface area contributed by atoms with Crippen molar-refractivity contribution in [2.75, 3.05) is 26.2 Å². The number of hydrogen-bond donors (Lipinski definition) is 1. The van der Waals surface area contributed by atoms with Crippen LogP contribution in [0.4, 0.5) is 0 Å². The first-order chi connectivity index (χ1) is 11.6. The zero-order chi connectivity index (χ0) is 16.9. The molecule has 1 atom stereocenters. The van der Waals surface area contributed by atoms with Gasteiger partial charge in [0.05, 0.1) is 6.04 Å². The molecule has 0 spiro atoms. The summed E-state index contributed by atoms with van der Waals surface area (Å²) in [7, 11) is 0. The summed E-state index contributed by atoms with van der Waals surface area (Å²) in [5, 5.41) is 4.30. The van der Waals surface area contributed by atoms with E-state index in [-0.39, 0.29) is 0 Å². The van der Waals surface area contributed by atoms with E-state index in [1.807, 2.05) is 12.1 Å². The predicted molar refractivity (Wildman–Crippen MR) is 103 cm³/mol. The molecule has 2 nitrogen and oxygen atoms in total. The van der Waals surface area contributed by atoms with Gasteiger partial charge in [0.25, 0.3) is 0 Å². The lowest BCUT2D eigenvalue weighted by Gasteiger charge is -2.31. The molecule has 2 aromatic rings. The van der Waals surface area contributed by atoms with E-state index in [1.54, 1.807) is 0 Å². The molecule has 0 radical (unpaired) electrons. The van der Waals surface area contributed by atoms with E-state index in [1.165, 1.54) is 23.1 Å². The highest BCUT2D eigenvalue weighted by atomic mass is 35.5. The molecule has 0 amide bonds. The number of nitrogens with one attached hydrogen (secondary N) is 1. The quantitative estimate of drug-likeness (QED) is 0.854. The highest BCUT2D eigenvalue weighted by Gasteiger charge is 2.23. The van der Waals surface area contributed by atoms with E-state index in [2.05, 4.69) is 60.5 Å². The lowest BCUT2D eigenvalue weighted by atomic mass is 9.94. The standard InChI is InChI=1S/C21H27ClN2/c1-16(2)17-4-6-18(7-5-17)21(19-8-10-20(22)11-9-19)24-14-3-12-23-13-15-24/h4-11,16,21,23H,3,12-15H2,1-2H3. The Balaban J connectivity index is 1.95. The minimum Gasteiger partial charge on any atom is -0.315 e. The molecular weight excluding hydrogens is 316 g/mol. The molecule has 1 fully saturated rings. The fourth-order valence-electron chi connectivity index (χ4n) is 3.45. The summed E-state index contributed by atoms with van der Waals surface area (Å²) in [5.74, 6) is 0.565. The van der Waals surface area contributed by atoms with Gasteiger partial charge in [-0.3, -0.25) is 4.90 Å². The van der Waals surface area contributed by atoms with Crippen LogP contribution >= 0.6 is 11.6 Å². The van der Waals surface area contributed by atoms with Gasteiger partial charge in [0, 0.05) is 24.7 Å². The lowest BCUT2D eigenvalue weighted by molar-refractivity contribution is 0.241. The summed E-state index contributed by atoms with van der Waals surface area (Å²) >= 11 is 6.11. The average molecular weight is 343 g/mol. The summed E-state index contributed by atoms with van der Waals surface area (Å²) < 4.78 is 0.